The third kappa shape index (κ3) is 3.98. The van der Waals surface area contributed by atoms with E-state index in [-0.39, 0.29) is 17.3 Å². The van der Waals surface area contributed by atoms with Crippen LogP contribution in [0.5, 0.6) is 11.5 Å². The molecule has 2 aliphatic carbocycles. The van der Waals surface area contributed by atoms with Crippen LogP contribution >= 0.6 is 0 Å². The van der Waals surface area contributed by atoms with Gasteiger partial charge in [0.05, 0.1) is 11.2 Å². The molecule has 0 spiro atoms. The van der Waals surface area contributed by atoms with E-state index >= 15 is 0 Å². The Morgan fingerprint density at radius 3 is 2.31 bits per heavy atom. The monoisotopic (exact) mass is 507 g/mol. The Labute approximate surface area is 211 Å². The number of hydroxylamine groups is 2. The normalized spacial score (nSPS) is 22.6. The van der Waals surface area contributed by atoms with Crippen molar-refractivity contribution < 1.29 is 27.0 Å². The molecule has 0 radical (unpaired) electrons. The molecule has 3 aromatic rings. The first-order valence-electron chi connectivity index (χ1n) is 12.0. The summed E-state index contributed by atoms with van der Waals surface area (Å²) >= 11 is 0. The van der Waals surface area contributed by atoms with Crippen LogP contribution in [0.3, 0.4) is 0 Å². The van der Waals surface area contributed by atoms with Gasteiger partial charge in [-0.3, -0.25) is 9.59 Å². The molecule has 7 nitrogen and oxygen atoms in total. The molecule has 3 aromatic carbocycles. The molecule has 2 aliphatic rings. The van der Waals surface area contributed by atoms with Gasteiger partial charge in [-0.15, -0.1) is 4.28 Å². The third-order valence-electron chi connectivity index (χ3n) is 8.16. The number of Topliss-reactive ketones (excluding diaryl/α,β-unsaturated/α-hetero) is 1. The maximum atomic E-state index is 13.3. The second-order valence-electron chi connectivity index (χ2n) is 10.3. The van der Waals surface area contributed by atoms with Crippen LogP contribution in [0, 0.1) is 16.7 Å². The summed E-state index contributed by atoms with van der Waals surface area (Å²) in [5.74, 6) is 0.352. The summed E-state index contributed by atoms with van der Waals surface area (Å²) in [6, 6.07) is 19.8. The number of carbonyl (C=O) groups is 2. The smallest absolute Gasteiger partial charge is 0.289 e. The highest BCUT2D eigenvalue weighted by Crippen LogP contribution is 2.64. The maximum absolute atomic E-state index is 13.3. The second kappa shape index (κ2) is 8.71. The van der Waals surface area contributed by atoms with E-state index < -0.39 is 32.6 Å². The standard InChI is InChI=1S/C28H29NO6S/c1-27(2)19-15-16-28(27,25(30)17-19)18-36(32,33)35-29(3)26(31)23-13-14-24(22-12-8-7-11-21(22)23)34-20-9-5-4-6-10-20/h4-14,19H,15-18H2,1-3H3. The minimum absolute atomic E-state index is 0.0232. The topological polar surface area (TPSA) is 90.0 Å². The van der Waals surface area contributed by atoms with Crippen molar-refractivity contribution >= 4 is 32.6 Å². The van der Waals surface area contributed by atoms with Gasteiger partial charge in [0.1, 0.15) is 17.3 Å². The molecule has 0 aliphatic heterocycles. The molecular formula is C28H29NO6S. The van der Waals surface area contributed by atoms with Crippen molar-refractivity contribution in [3.63, 3.8) is 0 Å². The number of benzene rings is 3. The molecule has 0 heterocycles. The Bertz CT molecular complexity index is 1450. The van der Waals surface area contributed by atoms with Crippen molar-refractivity contribution in [1.29, 1.82) is 0 Å². The van der Waals surface area contributed by atoms with Crippen molar-refractivity contribution in [3.8, 4) is 11.5 Å². The molecule has 2 bridgehead atoms. The van der Waals surface area contributed by atoms with Crippen molar-refractivity contribution in [2.45, 2.75) is 33.1 Å². The van der Waals surface area contributed by atoms with Gasteiger partial charge in [-0.1, -0.05) is 56.3 Å². The zero-order valence-electron chi connectivity index (χ0n) is 20.6. The molecule has 8 heteroatoms. The fourth-order valence-electron chi connectivity index (χ4n) is 5.97. The Kier molecular flexibility index (Phi) is 5.92. The molecule has 0 aromatic heterocycles. The van der Waals surface area contributed by atoms with E-state index in [0.717, 1.165) is 11.5 Å². The van der Waals surface area contributed by atoms with E-state index in [1.165, 1.54) is 7.05 Å². The number of amides is 1. The van der Waals surface area contributed by atoms with Crippen molar-refractivity contribution in [1.82, 2.24) is 5.06 Å². The number of para-hydroxylation sites is 1. The summed E-state index contributed by atoms with van der Waals surface area (Å²) in [6.07, 6.45) is 1.75. The van der Waals surface area contributed by atoms with Gasteiger partial charge < -0.3 is 4.74 Å². The van der Waals surface area contributed by atoms with Crippen LogP contribution in [0.4, 0.5) is 0 Å². The molecule has 2 saturated carbocycles. The SMILES string of the molecule is CN(OS(=O)(=O)CC12CCC(CC1=O)C2(C)C)C(=O)c1ccc(Oc2ccccc2)c2ccccc12. The van der Waals surface area contributed by atoms with Gasteiger partial charge >= 0.3 is 0 Å². The van der Waals surface area contributed by atoms with E-state index in [9.17, 15) is 18.0 Å². The van der Waals surface area contributed by atoms with E-state index in [0.29, 0.717) is 35.1 Å². The van der Waals surface area contributed by atoms with Gasteiger partial charge in [0.2, 0.25) is 0 Å². The molecule has 0 saturated heterocycles. The molecule has 2 atom stereocenters. The molecule has 36 heavy (non-hydrogen) atoms. The summed E-state index contributed by atoms with van der Waals surface area (Å²) in [4.78, 5) is 26.1. The maximum Gasteiger partial charge on any atom is 0.289 e. The van der Waals surface area contributed by atoms with Gasteiger partial charge in [-0.25, -0.2) is 5.06 Å². The average molecular weight is 508 g/mol. The Morgan fingerprint density at radius 2 is 1.67 bits per heavy atom. The average Bonchev–Trinajstić information content (AvgIpc) is 3.18. The highest BCUT2D eigenvalue weighted by molar-refractivity contribution is 7.86. The lowest BCUT2D eigenvalue weighted by Crippen LogP contribution is -2.44. The fourth-order valence-corrected chi connectivity index (χ4v) is 7.71. The summed E-state index contributed by atoms with van der Waals surface area (Å²) < 4.78 is 37.4. The molecule has 1 amide bonds. The van der Waals surface area contributed by atoms with Gasteiger partial charge in [0, 0.05) is 24.4 Å². The highest BCUT2D eigenvalue weighted by Gasteiger charge is 2.65. The lowest BCUT2D eigenvalue weighted by molar-refractivity contribution is -0.128. The van der Waals surface area contributed by atoms with Gasteiger partial charge in [-0.05, 0) is 53.8 Å². The molecule has 188 valence electrons. The van der Waals surface area contributed by atoms with Crippen molar-refractivity contribution in [2.24, 2.45) is 16.7 Å². The number of ketones is 1. The summed E-state index contributed by atoms with van der Waals surface area (Å²) in [5.41, 5.74) is -1.11. The van der Waals surface area contributed by atoms with Crippen LogP contribution in [0.15, 0.2) is 66.7 Å². The number of hydrogen-bond donors (Lipinski definition) is 0. The van der Waals surface area contributed by atoms with Gasteiger partial charge in [-0.2, -0.15) is 8.42 Å². The number of ether oxygens (including phenoxy) is 1. The number of rotatable bonds is 7. The van der Waals surface area contributed by atoms with E-state index in [2.05, 4.69) is 0 Å². The van der Waals surface area contributed by atoms with Crippen molar-refractivity contribution in [3.05, 3.63) is 72.3 Å². The van der Waals surface area contributed by atoms with Crippen molar-refractivity contribution in [2.75, 3.05) is 12.8 Å². The van der Waals surface area contributed by atoms with Crippen LogP contribution in [0.2, 0.25) is 0 Å². The van der Waals surface area contributed by atoms with Crippen LogP contribution in [-0.2, 0) is 19.2 Å². The second-order valence-corrected chi connectivity index (χ2v) is 11.9. The summed E-state index contributed by atoms with van der Waals surface area (Å²) in [6.45, 7) is 3.93. The minimum Gasteiger partial charge on any atom is -0.457 e. The van der Waals surface area contributed by atoms with E-state index in [4.69, 9.17) is 9.02 Å². The fraction of sp³-hybridized carbons (Fsp3) is 0.357. The zero-order chi connectivity index (χ0) is 25.7. The number of hydrogen-bond acceptors (Lipinski definition) is 6. The summed E-state index contributed by atoms with van der Waals surface area (Å²) in [7, 11) is -2.93. The van der Waals surface area contributed by atoms with Crippen LogP contribution in [0.1, 0.15) is 43.5 Å². The predicted octanol–water partition coefficient (Wildman–Crippen LogP) is 5.36. The quantitative estimate of drug-likeness (QED) is 0.400. The lowest BCUT2D eigenvalue weighted by Gasteiger charge is -2.36. The number of fused-ring (bicyclic) bond motifs is 3. The van der Waals surface area contributed by atoms with Crippen LogP contribution in [0.25, 0.3) is 10.8 Å². The molecule has 2 unspecified atom stereocenters. The minimum atomic E-state index is -4.21. The van der Waals surface area contributed by atoms with Crippen LogP contribution in [-0.4, -0.2) is 38.0 Å². The van der Waals surface area contributed by atoms with Gasteiger partial charge in [0.25, 0.3) is 16.0 Å². The van der Waals surface area contributed by atoms with Gasteiger partial charge in [0.15, 0.2) is 0 Å². The lowest BCUT2D eigenvalue weighted by atomic mass is 9.70. The number of carbonyl (C=O) groups excluding carboxylic acids is 2. The molecule has 5 rings (SSSR count). The molecule has 2 fully saturated rings. The van der Waals surface area contributed by atoms with E-state index in [1.54, 1.807) is 24.3 Å². The predicted molar refractivity (Wildman–Crippen MR) is 136 cm³/mol. The number of nitrogens with zero attached hydrogens (tertiary/aromatic N) is 1. The molecular weight excluding hydrogens is 478 g/mol. The first-order chi connectivity index (χ1) is 17.0. The van der Waals surface area contributed by atoms with Crippen LogP contribution < -0.4 is 4.74 Å². The first-order valence-corrected chi connectivity index (χ1v) is 13.6. The van der Waals surface area contributed by atoms with E-state index in [1.807, 2.05) is 56.3 Å². The molecule has 0 N–H and O–H groups in total. The summed E-state index contributed by atoms with van der Waals surface area (Å²) in [5, 5.41) is 2.05. The highest BCUT2D eigenvalue weighted by atomic mass is 32.2. The Hall–Kier alpha value is -3.23. The first kappa shape index (κ1) is 24.5. The third-order valence-corrected chi connectivity index (χ3v) is 9.46. The Balaban J connectivity index is 1.39. The largest absolute Gasteiger partial charge is 0.457 e. The Morgan fingerprint density at radius 1 is 1.00 bits per heavy atom. The zero-order valence-corrected chi connectivity index (χ0v) is 21.4.